The lowest BCUT2D eigenvalue weighted by atomic mass is 10.3. The fourth-order valence-electron chi connectivity index (χ4n) is 1.28. The number of rotatable bonds is 4. The van der Waals surface area contributed by atoms with Gasteiger partial charge in [-0.1, -0.05) is 5.16 Å². The number of aromatic nitrogens is 1. The van der Waals surface area contributed by atoms with Gasteiger partial charge in [0, 0.05) is 6.07 Å². The number of ether oxygens (including phenoxy) is 1. The molecule has 0 bridgehead atoms. The summed E-state index contributed by atoms with van der Waals surface area (Å²) >= 11 is 3.05. The first-order valence-electron chi connectivity index (χ1n) is 5.14. The Bertz CT molecular complexity index is 603. The van der Waals surface area contributed by atoms with Crippen molar-refractivity contribution in [1.29, 1.82) is 0 Å². The molecule has 0 unspecified atom stereocenters. The summed E-state index contributed by atoms with van der Waals surface area (Å²) in [6, 6.07) is 5.64. The van der Waals surface area contributed by atoms with Crippen LogP contribution in [0.25, 0.3) is 0 Å². The molecule has 0 aliphatic carbocycles. The van der Waals surface area contributed by atoms with Crippen LogP contribution in [-0.4, -0.2) is 11.1 Å². The first kappa shape index (κ1) is 13.5. The molecule has 0 aliphatic rings. The number of carbonyl (C=O) groups is 1. The molecule has 8 heteroatoms. The standard InChI is InChI=1S/C11H9BrFN3O3/c12-8-3-6(1-2-9(8)13)18-5-7-4-10(16-19-7)11(17)15-14/h1-4H,5,14H2,(H,15,17). The lowest BCUT2D eigenvalue weighted by Gasteiger charge is -2.04. The zero-order chi connectivity index (χ0) is 13.8. The van der Waals surface area contributed by atoms with Gasteiger partial charge in [0.2, 0.25) is 0 Å². The summed E-state index contributed by atoms with van der Waals surface area (Å²) in [5.74, 6) is 4.82. The number of hydrogen-bond acceptors (Lipinski definition) is 5. The van der Waals surface area contributed by atoms with E-state index in [-0.39, 0.29) is 18.1 Å². The van der Waals surface area contributed by atoms with Gasteiger partial charge >= 0.3 is 0 Å². The summed E-state index contributed by atoms with van der Waals surface area (Å²) < 4.78 is 23.6. The summed E-state index contributed by atoms with van der Waals surface area (Å²) in [5.41, 5.74) is 1.99. The van der Waals surface area contributed by atoms with Gasteiger partial charge < -0.3 is 9.26 Å². The van der Waals surface area contributed by atoms with Gasteiger partial charge in [-0.25, -0.2) is 10.2 Å². The second-order valence-electron chi connectivity index (χ2n) is 3.52. The first-order chi connectivity index (χ1) is 9.10. The van der Waals surface area contributed by atoms with Crippen LogP contribution >= 0.6 is 15.9 Å². The van der Waals surface area contributed by atoms with Crippen molar-refractivity contribution in [1.82, 2.24) is 10.6 Å². The number of amides is 1. The molecule has 19 heavy (non-hydrogen) atoms. The van der Waals surface area contributed by atoms with Crippen LogP contribution in [0.15, 0.2) is 33.3 Å². The summed E-state index contributed by atoms with van der Waals surface area (Å²) in [4.78, 5) is 11.1. The van der Waals surface area contributed by atoms with Crippen molar-refractivity contribution in [2.75, 3.05) is 0 Å². The molecule has 6 nitrogen and oxygen atoms in total. The summed E-state index contributed by atoms with van der Waals surface area (Å²) in [6.45, 7) is 0.0585. The summed E-state index contributed by atoms with van der Waals surface area (Å²) in [7, 11) is 0. The van der Waals surface area contributed by atoms with Gasteiger partial charge in [0.05, 0.1) is 4.47 Å². The SMILES string of the molecule is NNC(=O)c1cc(COc2ccc(F)c(Br)c2)on1. The molecule has 0 saturated carbocycles. The Hall–Kier alpha value is -1.93. The van der Waals surface area contributed by atoms with Gasteiger partial charge in [-0.3, -0.25) is 10.2 Å². The van der Waals surface area contributed by atoms with Crippen LogP contribution in [-0.2, 0) is 6.61 Å². The third kappa shape index (κ3) is 3.30. The van der Waals surface area contributed by atoms with E-state index in [1.54, 1.807) is 0 Å². The maximum Gasteiger partial charge on any atom is 0.287 e. The monoisotopic (exact) mass is 329 g/mol. The largest absolute Gasteiger partial charge is 0.486 e. The van der Waals surface area contributed by atoms with Crippen molar-refractivity contribution in [2.45, 2.75) is 6.61 Å². The topological polar surface area (TPSA) is 90.4 Å². The van der Waals surface area contributed by atoms with Gasteiger partial charge in [0.15, 0.2) is 11.5 Å². The van der Waals surface area contributed by atoms with Gasteiger partial charge in [-0.2, -0.15) is 0 Å². The molecule has 0 atom stereocenters. The van der Waals surface area contributed by atoms with Crippen molar-refractivity contribution in [3.05, 3.63) is 46.0 Å². The van der Waals surface area contributed by atoms with Gasteiger partial charge in [0.25, 0.3) is 5.91 Å². The molecule has 1 heterocycles. The number of halogens is 2. The lowest BCUT2D eigenvalue weighted by molar-refractivity contribution is 0.0944. The number of nitrogens with one attached hydrogen (secondary N) is 1. The van der Waals surface area contributed by atoms with E-state index in [4.69, 9.17) is 15.1 Å². The Morgan fingerprint density at radius 3 is 3.00 bits per heavy atom. The fourth-order valence-corrected chi connectivity index (χ4v) is 1.64. The molecule has 0 radical (unpaired) electrons. The van der Waals surface area contributed by atoms with E-state index >= 15 is 0 Å². The zero-order valence-corrected chi connectivity index (χ0v) is 11.1. The van der Waals surface area contributed by atoms with Crippen LogP contribution in [0.5, 0.6) is 5.75 Å². The number of nitrogens with zero attached hydrogens (tertiary/aromatic N) is 1. The molecule has 1 aromatic heterocycles. The van der Waals surface area contributed by atoms with E-state index < -0.39 is 5.91 Å². The summed E-state index contributed by atoms with van der Waals surface area (Å²) in [6.07, 6.45) is 0. The highest BCUT2D eigenvalue weighted by Gasteiger charge is 2.11. The zero-order valence-electron chi connectivity index (χ0n) is 9.52. The Morgan fingerprint density at radius 2 is 2.32 bits per heavy atom. The minimum Gasteiger partial charge on any atom is -0.486 e. The molecular weight excluding hydrogens is 321 g/mol. The van der Waals surface area contributed by atoms with E-state index in [1.165, 1.54) is 24.3 Å². The third-order valence-corrected chi connectivity index (χ3v) is 2.80. The van der Waals surface area contributed by atoms with Crippen LogP contribution in [0.2, 0.25) is 0 Å². The predicted molar refractivity (Wildman–Crippen MR) is 66.6 cm³/mol. The molecule has 0 fully saturated rings. The molecule has 100 valence electrons. The van der Waals surface area contributed by atoms with Gasteiger partial charge in [-0.05, 0) is 34.1 Å². The molecule has 2 rings (SSSR count). The van der Waals surface area contributed by atoms with Crippen molar-refractivity contribution in [3.63, 3.8) is 0 Å². The smallest absolute Gasteiger partial charge is 0.287 e. The van der Waals surface area contributed by atoms with E-state index in [2.05, 4.69) is 21.1 Å². The van der Waals surface area contributed by atoms with Gasteiger partial charge in [0.1, 0.15) is 18.2 Å². The van der Waals surface area contributed by atoms with Crippen LogP contribution in [0.3, 0.4) is 0 Å². The molecule has 1 amide bonds. The molecule has 0 aliphatic heterocycles. The highest BCUT2D eigenvalue weighted by Crippen LogP contribution is 2.22. The summed E-state index contributed by atoms with van der Waals surface area (Å²) in [5, 5.41) is 3.51. The van der Waals surface area contributed by atoms with Crippen LogP contribution in [0.4, 0.5) is 4.39 Å². The minimum atomic E-state index is -0.556. The Labute approximate surface area is 115 Å². The number of nitrogen functional groups attached to an aromatic ring is 1. The van der Waals surface area contributed by atoms with Gasteiger partial charge in [-0.15, -0.1) is 0 Å². The second-order valence-corrected chi connectivity index (χ2v) is 4.37. The number of carbonyl (C=O) groups excluding carboxylic acids is 1. The second kappa shape index (κ2) is 5.81. The van der Waals surface area contributed by atoms with E-state index in [1.807, 2.05) is 5.43 Å². The maximum atomic E-state index is 13.0. The van der Waals surface area contributed by atoms with Crippen molar-refractivity contribution < 1.29 is 18.4 Å². The maximum absolute atomic E-state index is 13.0. The van der Waals surface area contributed by atoms with Crippen molar-refractivity contribution in [2.24, 2.45) is 5.84 Å². The normalized spacial score (nSPS) is 10.3. The Kier molecular flexibility index (Phi) is 4.13. The highest BCUT2D eigenvalue weighted by atomic mass is 79.9. The fraction of sp³-hybridized carbons (Fsp3) is 0.0909. The number of hydrazine groups is 1. The molecular formula is C11H9BrFN3O3. The predicted octanol–water partition coefficient (Wildman–Crippen LogP) is 1.76. The third-order valence-electron chi connectivity index (χ3n) is 2.19. The van der Waals surface area contributed by atoms with E-state index in [0.717, 1.165) is 0 Å². The number of hydrogen-bond donors (Lipinski definition) is 2. The van der Waals surface area contributed by atoms with Crippen LogP contribution < -0.4 is 16.0 Å². The van der Waals surface area contributed by atoms with E-state index in [9.17, 15) is 9.18 Å². The minimum absolute atomic E-state index is 0.0568. The van der Waals surface area contributed by atoms with Crippen LogP contribution in [0.1, 0.15) is 16.2 Å². The molecule has 0 spiro atoms. The van der Waals surface area contributed by atoms with E-state index in [0.29, 0.717) is 16.0 Å². The molecule has 1 aromatic carbocycles. The first-order valence-corrected chi connectivity index (χ1v) is 5.94. The van der Waals surface area contributed by atoms with Crippen molar-refractivity contribution >= 4 is 21.8 Å². The average Bonchev–Trinajstić information content (AvgIpc) is 2.88. The highest BCUT2D eigenvalue weighted by molar-refractivity contribution is 9.10. The van der Waals surface area contributed by atoms with Crippen LogP contribution in [0, 0.1) is 5.82 Å². The molecule has 0 saturated heterocycles. The lowest BCUT2D eigenvalue weighted by Crippen LogP contribution is -2.30. The average molecular weight is 330 g/mol. The number of benzene rings is 1. The molecule has 3 N–H and O–H groups in total. The quantitative estimate of drug-likeness (QED) is 0.506. The Balaban J connectivity index is 2.00. The molecule has 2 aromatic rings. The number of nitrogens with two attached hydrogens (primary N) is 1. The Morgan fingerprint density at radius 1 is 1.53 bits per heavy atom. The van der Waals surface area contributed by atoms with Crippen molar-refractivity contribution in [3.8, 4) is 5.75 Å².